The van der Waals surface area contributed by atoms with Crippen LogP contribution in [0.4, 0.5) is 5.69 Å². The predicted molar refractivity (Wildman–Crippen MR) is 175 cm³/mol. The van der Waals surface area contributed by atoms with Crippen LogP contribution in [-0.4, -0.2) is 51.8 Å². The molecule has 0 bridgehead atoms. The molecule has 2 N–H and O–H groups in total. The molecule has 0 aliphatic carbocycles. The van der Waals surface area contributed by atoms with Crippen molar-refractivity contribution >= 4 is 15.7 Å². The molecule has 0 spiro atoms. The number of fused-ring (bicyclic) bond motifs is 1. The van der Waals surface area contributed by atoms with Crippen LogP contribution in [0.1, 0.15) is 47.1 Å². The van der Waals surface area contributed by atoms with Crippen LogP contribution in [0.2, 0.25) is 0 Å². The quantitative estimate of drug-likeness (QED) is 0.222. The number of methoxy groups -OCH3 is 2. The van der Waals surface area contributed by atoms with Gasteiger partial charge in [0.1, 0.15) is 0 Å². The molecule has 6 rings (SSSR count). The first-order valence-corrected chi connectivity index (χ1v) is 16.9. The Morgan fingerprint density at radius 1 is 0.870 bits per heavy atom. The Kier molecular flexibility index (Phi) is 9.62. The molecule has 9 nitrogen and oxygen atoms in total. The lowest BCUT2D eigenvalue weighted by atomic mass is 9.89. The van der Waals surface area contributed by atoms with Gasteiger partial charge in [-0.15, -0.1) is 0 Å². The van der Waals surface area contributed by atoms with E-state index in [0.29, 0.717) is 23.5 Å². The summed E-state index contributed by atoms with van der Waals surface area (Å²) in [6.07, 6.45) is -0.326. The standard InChI is InChI=1S/C36H40N2O7S/c1-24-34(22-38-17-16-27-19-32(42-2)33(43-3)20-29(27)21-38)44-36(45-35(24)26-14-12-25(23-39)13-15-26)28-8-7-9-30(18-28)37-46(40,41)31-10-5-4-6-11-31/h4-15,18-20,24,34-37,39H,16-17,21-23H2,1-3H3/t24-,34+,35+,36+/m1/s1. The minimum absolute atomic E-state index is 0.00259. The Morgan fingerprint density at radius 3 is 2.28 bits per heavy atom. The number of sulfonamides is 1. The summed E-state index contributed by atoms with van der Waals surface area (Å²) in [6, 6.07) is 27.4. The lowest BCUT2D eigenvalue weighted by Gasteiger charge is -2.43. The van der Waals surface area contributed by atoms with E-state index < -0.39 is 16.3 Å². The predicted octanol–water partition coefficient (Wildman–Crippen LogP) is 5.85. The molecule has 4 aromatic carbocycles. The van der Waals surface area contributed by atoms with Gasteiger partial charge in [0, 0.05) is 36.8 Å². The summed E-state index contributed by atoms with van der Waals surface area (Å²) >= 11 is 0. The fourth-order valence-corrected chi connectivity index (χ4v) is 7.31. The zero-order valence-corrected chi connectivity index (χ0v) is 27.1. The Labute approximate surface area is 270 Å². The van der Waals surface area contributed by atoms with Crippen molar-refractivity contribution < 1.29 is 32.5 Å². The molecule has 4 aromatic rings. The smallest absolute Gasteiger partial charge is 0.261 e. The summed E-state index contributed by atoms with van der Waals surface area (Å²) in [6.45, 7) is 4.41. The van der Waals surface area contributed by atoms with E-state index in [-0.39, 0.29) is 29.6 Å². The largest absolute Gasteiger partial charge is 0.493 e. The van der Waals surface area contributed by atoms with E-state index >= 15 is 0 Å². The molecule has 1 saturated heterocycles. The lowest BCUT2D eigenvalue weighted by Crippen LogP contribution is -2.45. The molecule has 242 valence electrons. The maximum Gasteiger partial charge on any atom is 0.261 e. The summed E-state index contributed by atoms with van der Waals surface area (Å²) in [5.41, 5.74) is 5.41. The molecular weight excluding hydrogens is 604 g/mol. The normalized spacial score (nSPS) is 21.7. The second-order valence-electron chi connectivity index (χ2n) is 11.8. The van der Waals surface area contributed by atoms with Gasteiger partial charge in [-0.1, -0.05) is 61.5 Å². The van der Waals surface area contributed by atoms with E-state index in [4.69, 9.17) is 18.9 Å². The number of aliphatic hydroxyl groups excluding tert-OH is 1. The monoisotopic (exact) mass is 644 g/mol. The molecule has 2 heterocycles. The van der Waals surface area contributed by atoms with E-state index in [1.165, 1.54) is 11.1 Å². The number of nitrogens with zero attached hydrogens (tertiary/aromatic N) is 1. The second kappa shape index (κ2) is 13.8. The van der Waals surface area contributed by atoms with Crippen LogP contribution in [0.25, 0.3) is 0 Å². The number of nitrogens with one attached hydrogen (secondary N) is 1. The topological polar surface area (TPSA) is 107 Å². The van der Waals surface area contributed by atoms with Gasteiger partial charge in [0.2, 0.25) is 0 Å². The van der Waals surface area contributed by atoms with Gasteiger partial charge in [0.15, 0.2) is 17.8 Å². The van der Waals surface area contributed by atoms with Crippen LogP contribution in [-0.2, 0) is 39.1 Å². The number of anilines is 1. The van der Waals surface area contributed by atoms with Crippen molar-refractivity contribution in [1.29, 1.82) is 0 Å². The van der Waals surface area contributed by atoms with Gasteiger partial charge in [0.25, 0.3) is 10.0 Å². The molecule has 2 aliphatic heterocycles. The first-order valence-electron chi connectivity index (χ1n) is 15.4. The van der Waals surface area contributed by atoms with Crippen LogP contribution < -0.4 is 14.2 Å². The molecule has 0 saturated carbocycles. The first kappa shape index (κ1) is 32.0. The van der Waals surface area contributed by atoms with Gasteiger partial charge in [0.05, 0.1) is 37.9 Å². The van der Waals surface area contributed by atoms with Crippen molar-refractivity contribution in [3.05, 3.63) is 119 Å². The van der Waals surface area contributed by atoms with Crippen molar-refractivity contribution in [1.82, 2.24) is 4.90 Å². The van der Waals surface area contributed by atoms with Crippen LogP contribution in [0.5, 0.6) is 11.5 Å². The number of hydrogen-bond acceptors (Lipinski definition) is 8. The lowest BCUT2D eigenvalue weighted by molar-refractivity contribution is -0.276. The zero-order chi connectivity index (χ0) is 32.3. The number of aliphatic hydroxyl groups is 1. The average Bonchev–Trinajstić information content (AvgIpc) is 3.09. The summed E-state index contributed by atoms with van der Waals surface area (Å²) in [4.78, 5) is 2.58. The molecule has 2 aliphatic rings. The molecule has 0 aromatic heterocycles. The summed E-state index contributed by atoms with van der Waals surface area (Å²) in [7, 11) is -0.465. The third kappa shape index (κ3) is 6.91. The van der Waals surface area contributed by atoms with Gasteiger partial charge in [-0.25, -0.2) is 8.42 Å². The fourth-order valence-electron chi connectivity index (χ4n) is 6.24. The van der Waals surface area contributed by atoms with E-state index in [1.807, 2.05) is 30.3 Å². The molecule has 0 unspecified atom stereocenters. The van der Waals surface area contributed by atoms with E-state index in [1.54, 1.807) is 62.8 Å². The van der Waals surface area contributed by atoms with Crippen LogP contribution in [0.15, 0.2) is 95.9 Å². The van der Waals surface area contributed by atoms with Crippen LogP contribution in [0, 0.1) is 5.92 Å². The second-order valence-corrected chi connectivity index (χ2v) is 13.5. The minimum atomic E-state index is -3.77. The highest BCUT2D eigenvalue weighted by Gasteiger charge is 2.39. The highest BCUT2D eigenvalue weighted by molar-refractivity contribution is 7.92. The Balaban J connectivity index is 1.26. The Bertz CT molecular complexity index is 1750. The number of ether oxygens (including phenoxy) is 4. The van der Waals surface area contributed by atoms with Crippen molar-refractivity contribution in [2.24, 2.45) is 5.92 Å². The van der Waals surface area contributed by atoms with Gasteiger partial charge in [-0.3, -0.25) is 9.62 Å². The fraction of sp³-hybridized carbons (Fsp3) is 0.333. The highest BCUT2D eigenvalue weighted by atomic mass is 32.2. The highest BCUT2D eigenvalue weighted by Crippen LogP contribution is 2.43. The molecule has 0 radical (unpaired) electrons. The van der Waals surface area contributed by atoms with Crippen molar-refractivity contribution in [2.45, 2.75) is 49.9 Å². The van der Waals surface area contributed by atoms with Gasteiger partial charge in [-0.2, -0.15) is 0 Å². The molecule has 0 amide bonds. The summed E-state index contributed by atoms with van der Waals surface area (Å²) in [5, 5.41) is 9.60. The van der Waals surface area contributed by atoms with Crippen molar-refractivity contribution in [2.75, 3.05) is 32.0 Å². The molecule has 1 fully saturated rings. The number of hydrogen-bond donors (Lipinski definition) is 2. The van der Waals surface area contributed by atoms with E-state index in [2.05, 4.69) is 28.7 Å². The first-order chi connectivity index (χ1) is 22.3. The third-order valence-corrected chi connectivity index (χ3v) is 10.2. The number of rotatable bonds is 10. The Hall–Kier alpha value is -3.93. The molecule has 10 heteroatoms. The Morgan fingerprint density at radius 2 is 1.59 bits per heavy atom. The molecule has 4 atom stereocenters. The van der Waals surface area contributed by atoms with Crippen molar-refractivity contribution in [3.63, 3.8) is 0 Å². The van der Waals surface area contributed by atoms with Gasteiger partial charge >= 0.3 is 0 Å². The molecule has 46 heavy (non-hydrogen) atoms. The van der Waals surface area contributed by atoms with Crippen LogP contribution >= 0.6 is 0 Å². The molecular formula is C36H40N2O7S. The summed E-state index contributed by atoms with van der Waals surface area (Å²) in [5.74, 6) is 1.46. The van der Waals surface area contributed by atoms with Gasteiger partial charge in [-0.05, 0) is 65.1 Å². The maximum atomic E-state index is 13.0. The maximum absolute atomic E-state index is 13.0. The van der Waals surface area contributed by atoms with E-state index in [9.17, 15) is 13.5 Å². The number of benzene rings is 4. The van der Waals surface area contributed by atoms with Gasteiger partial charge < -0.3 is 24.1 Å². The summed E-state index contributed by atoms with van der Waals surface area (Å²) < 4.78 is 53.2. The average molecular weight is 645 g/mol. The third-order valence-electron chi connectivity index (χ3n) is 8.82. The SMILES string of the molecule is COc1cc2c(cc1OC)CN(C[C@@H]1O[C@H](c3cccc(NS(=O)(=O)c4ccccc4)c3)O[C@H](c3ccc(CO)cc3)[C@@H]1C)CC2. The van der Waals surface area contributed by atoms with Crippen LogP contribution in [0.3, 0.4) is 0 Å². The minimum Gasteiger partial charge on any atom is -0.493 e. The van der Waals surface area contributed by atoms with Crippen molar-refractivity contribution in [3.8, 4) is 11.5 Å². The van der Waals surface area contributed by atoms with E-state index in [0.717, 1.165) is 36.4 Å². The zero-order valence-electron chi connectivity index (χ0n) is 26.3.